The van der Waals surface area contributed by atoms with Gasteiger partial charge in [0.2, 0.25) is 0 Å². The first-order valence-corrected chi connectivity index (χ1v) is 7.31. The minimum absolute atomic E-state index is 0.103. The lowest BCUT2D eigenvalue weighted by molar-refractivity contribution is 0.373. The molecule has 20 heavy (non-hydrogen) atoms. The number of benzene rings is 2. The SMILES string of the molecule is COc1ccc(CNc2ccc(Br)c(Cl)c2Cl)cc1O. The van der Waals surface area contributed by atoms with Crippen molar-refractivity contribution in [2.45, 2.75) is 6.54 Å². The van der Waals surface area contributed by atoms with Crippen LogP contribution < -0.4 is 10.1 Å². The average Bonchev–Trinajstić information content (AvgIpc) is 2.44. The van der Waals surface area contributed by atoms with Crippen LogP contribution in [0, 0.1) is 0 Å². The van der Waals surface area contributed by atoms with Crippen molar-refractivity contribution in [3.8, 4) is 11.5 Å². The van der Waals surface area contributed by atoms with Crippen LogP contribution in [0.25, 0.3) is 0 Å². The summed E-state index contributed by atoms with van der Waals surface area (Å²) in [5.41, 5.74) is 1.63. The topological polar surface area (TPSA) is 41.5 Å². The number of ether oxygens (including phenoxy) is 1. The third-order valence-electron chi connectivity index (χ3n) is 2.76. The van der Waals surface area contributed by atoms with E-state index in [4.69, 9.17) is 27.9 Å². The van der Waals surface area contributed by atoms with Crippen molar-refractivity contribution in [1.82, 2.24) is 0 Å². The van der Waals surface area contributed by atoms with E-state index in [1.807, 2.05) is 18.2 Å². The van der Waals surface area contributed by atoms with E-state index >= 15 is 0 Å². The molecule has 2 aromatic carbocycles. The number of nitrogens with one attached hydrogen (secondary N) is 1. The third-order valence-corrected chi connectivity index (χ3v) is 4.53. The highest BCUT2D eigenvalue weighted by Gasteiger charge is 2.08. The van der Waals surface area contributed by atoms with Crippen molar-refractivity contribution in [3.63, 3.8) is 0 Å². The van der Waals surface area contributed by atoms with Crippen LogP contribution in [0.1, 0.15) is 5.56 Å². The maximum Gasteiger partial charge on any atom is 0.160 e. The number of halogens is 3. The number of anilines is 1. The number of rotatable bonds is 4. The van der Waals surface area contributed by atoms with Gasteiger partial charge in [0.25, 0.3) is 0 Å². The zero-order chi connectivity index (χ0) is 14.7. The normalized spacial score (nSPS) is 10.4. The van der Waals surface area contributed by atoms with Gasteiger partial charge in [0.05, 0.1) is 22.8 Å². The fourth-order valence-electron chi connectivity index (χ4n) is 1.71. The second-order valence-electron chi connectivity index (χ2n) is 4.08. The van der Waals surface area contributed by atoms with Crippen molar-refractivity contribution in [3.05, 3.63) is 50.4 Å². The Labute approximate surface area is 135 Å². The van der Waals surface area contributed by atoms with Crippen LogP contribution in [0.2, 0.25) is 10.0 Å². The molecule has 0 radical (unpaired) electrons. The Hall–Kier alpha value is -1.10. The van der Waals surface area contributed by atoms with E-state index in [9.17, 15) is 5.11 Å². The predicted octanol–water partition coefficient (Wildman–Crippen LogP) is 5.08. The van der Waals surface area contributed by atoms with Crippen molar-refractivity contribution in [2.75, 3.05) is 12.4 Å². The Balaban J connectivity index is 2.13. The predicted molar refractivity (Wildman–Crippen MR) is 86.1 cm³/mol. The molecular formula is C14H12BrCl2NO2. The zero-order valence-corrected chi connectivity index (χ0v) is 13.7. The van der Waals surface area contributed by atoms with Gasteiger partial charge in [0.15, 0.2) is 11.5 Å². The molecule has 0 spiro atoms. The summed E-state index contributed by atoms with van der Waals surface area (Å²) in [6.45, 7) is 0.509. The highest BCUT2D eigenvalue weighted by atomic mass is 79.9. The summed E-state index contributed by atoms with van der Waals surface area (Å²) >= 11 is 15.5. The van der Waals surface area contributed by atoms with Crippen LogP contribution in [0.15, 0.2) is 34.8 Å². The van der Waals surface area contributed by atoms with Crippen LogP contribution in [0.3, 0.4) is 0 Å². The smallest absolute Gasteiger partial charge is 0.160 e. The summed E-state index contributed by atoms with van der Waals surface area (Å²) < 4.78 is 5.74. The second-order valence-corrected chi connectivity index (χ2v) is 5.69. The van der Waals surface area contributed by atoms with E-state index in [1.54, 1.807) is 12.1 Å². The number of hydrogen-bond acceptors (Lipinski definition) is 3. The Kier molecular flexibility index (Phi) is 5.02. The lowest BCUT2D eigenvalue weighted by Crippen LogP contribution is -2.00. The summed E-state index contributed by atoms with van der Waals surface area (Å²) in [6, 6.07) is 8.87. The standard InChI is InChI=1S/C14H12BrCl2NO2/c1-20-12-5-2-8(6-11(12)19)7-18-10-4-3-9(15)13(16)14(10)17/h2-6,18-19H,7H2,1H3. The molecule has 2 rings (SSSR count). The van der Waals surface area contributed by atoms with E-state index < -0.39 is 0 Å². The lowest BCUT2D eigenvalue weighted by atomic mass is 10.2. The summed E-state index contributed by atoms with van der Waals surface area (Å²) in [4.78, 5) is 0. The van der Waals surface area contributed by atoms with E-state index in [0.717, 1.165) is 15.7 Å². The molecule has 0 saturated heterocycles. The van der Waals surface area contributed by atoms with E-state index in [2.05, 4.69) is 21.2 Å². The van der Waals surface area contributed by atoms with Gasteiger partial charge in [-0.2, -0.15) is 0 Å². The minimum Gasteiger partial charge on any atom is -0.504 e. The first-order chi connectivity index (χ1) is 9.52. The highest BCUT2D eigenvalue weighted by Crippen LogP contribution is 2.36. The van der Waals surface area contributed by atoms with Crippen molar-refractivity contribution < 1.29 is 9.84 Å². The minimum atomic E-state index is 0.103. The van der Waals surface area contributed by atoms with Crippen LogP contribution in [0.5, 0.6) is 11.5 Å². The van der Waals surface area contributed by atoms with Gasteiger partial charge in [-0.05, 0) is 45.8 Å². The van der Waals surface area contributed by atoms with E-state index in [1.165, 1.54) is 7.11 Å². The highest BCUT2D eigenvalue weighted by molar-refractivity contribution is 9.10. The number of hydrogen-bond donors (Lipinski definition) is 2. The molecule has 0 aliphatic carbocycles. The molecule has 106 valence electrons. The van der Waals surface area contributed by atoms with Crippen LogP contribution in [0.4, 0.5) is 5.69 Å². The maximum absolute atomic E-state index is 9.72. The van der Waals surface area contributed by atoms with Gasteiger partial charge >= 0.3 is 0 Å². The Morgan fingerprint density at radius 2 is 1.95 bits per heavy atom. The van der Waals surface area contributed by atoms with Crippen LogP contribution in [-0.4, -0.2) is 12.2 Å². The lowest BCUT2D eigenvalue weighted by Gasteiger charge is -2.11. The van der Waals surface area contributed by atoms with Gasteiger partial charge in [0, 0.05) is 11.0 Å². The second kappa shape index (κ2) is 6.57. The number of phenols is 1. The Bertz CT molecular complexity index is 635. The molecule has 2 aromatic rings. The molecule has 3 nitrogen and oxygen atoms in total. The fraction of sp³-hybridized carbons (Fsp3) is 0.143. The quantitative estimate of drug-likeness (QED) is 0.731. The summed E-state index contributed by atoms with van der Waals surface area (Å²) in [5, 5.41) is 13.8. The Morgan fingerprint density at radius 1 is 1.20 bits per heavy atom. The van der Waals surface area contributed by atoms with Crippen molar-refractivity contribution >= 4 is 44.8 Å². The molecule has 0 atom stereocenters. The molecule has 0 aromatic heterocycles. The molecule has 0 saturated carbocycles. The third kappa shape index (κ3) is 3.32. The molecule has 2 N–H and O–H groups in total. The molecule has 0 amide bonds. The largest absolute Gasteiger partial charge is 0.504 e. The van der Waals surface area contributed by atoms with Gasteiger partial charge in [-0.15, -0.1) is 0 Å². The maximum atomic E-state index is 9.72. The number of aromatic hydroxyl groups is 1. The first-order valence-electron chi connectivity index (χ1n) is 5.76. The van der Waals surface area contributed by atoms with Gasteiger partial charge in [-0.3, -0.25) is 0 Å². The molecule has 0 aliphatic rings. The monoisotopic (exact) mass is 375 g/mol. The molecule has 0 unspecified atom stereocenters. The van der Waals surface area contributed by atoms with E-state index in [-0.39, 0.29) is 5.75 Å². The van der Waals surface area contributed by atoms with E-state index in [0.29, 0.717) is 22.3 Å². The molecule has 0 aliphatic heterocycles. The fourth-order valence-corrected chi connectivity index (χ4v) is 2.55. The van der Waals surface area contributed by atoms with Crippen LogP contribution >= 0.6 is 39.1 Å². The summed E-state index contributed by atoms with van der Waals surface area (Å²) in [7, 11) is 1.51. The van der Waals surface area contributed by atoms with Gasteiger partial charge in [-0.25, -0.2) is 0 Å². The molecule has 0 fully saturated rings. The molecular weight excluding hydrogens is 365 g/mol. The number of methoxy groups -OCH3 is 1. The summed E-state index contributed by atoms with van der Waals surface area (Å²) in [6.07, 6.45) is 0. The van der Waals surface area contributed by atoms with Gasteiger partial charge in [0.1, 0.15) is 0 Å². The molecule has 0 bridgehead atoms. The molecule has 0 heterocycles. The van der Waals surface area contributed by atoms with Crippen molar-refractivity contribution in [1.29, 1.82) is 0 Å². The van der Waals surface area contributed by atoms with Crippen LogP contribution in [-0.2, 0) is 6.54 Å². The first kappa shape index (κ1) is 15.3. The summed E-state index contributed by atoms with van der Waals surface area (Å²) in [5.74, 6) is 0.546. The Morgan fingerprint density at radius 3 is 2.60 bits per heavy atom. The zero-order valence-electron chi connectivity index (χ0n) is 10.6. The van der Waals surface area contributed by atoms with Gasteiger partial charge in [-0.1, -0.05) is 29.3 Å². The molecule has 6 heteroatoms. The van der Waals surface area contributed by atoms with Crippen molar-refractivity contribution in [2.24, 2.45) is 0 Å². The average molecular weight is 377 g/mol. The van der Waals surface area contributed by atoms with Gasteiger partial charge < -0.3 is 15.2 Å². The number of phenolic OH excluding ortho intramolecular Hbond substituents is 1.